The Morgan fingerprint density at radius 3 is 2.64 bits per heavy atom. The number of nitrogens with one attached hydrogen (secondary N) is 2. The molecule has 0 spiro atoms. The highest BCUT2D eigenvalue weighted by Gasteiger charge is 2.06. The Kier molecular flexibility index (Phi) is 5.73. The second-order valence-corrected chi connectivity index (χ2v) is 4.28. The van der Waals surface area contributed by atoms with Gasteiger partial charge in [0.05, 0.1) is 27.0 Å². The zero-order valence-corrected chi connectivity index (χ0v) is 12.8. The summed E-state index contributed by atoms with van der Waals surface area (Å²) in [5.41, 5.74) is 0.806. The third-order valence-electron chi connectivity index (χ3n) is 2.80. The lowest BCUT2D eigenvalue weighted by Gasteiger charge is -2.11. The maximum absolute atomic E-state index is 5.26. The second kappa shape index (κ2) is 7.99. The molecule has 22 heavy (non-hydrogen) atoms. The Labute approximate surface area is 128 Å². The molecule has 0 aliphatic rings. The molecule has 118 valence electrons. The zero-order valence-electron chi connectivity index (χ0n) is 12.8. The molecular formula is C14H19N5O3. The molecule has 0 atom stereocenters. The Balaban J connectivity index is 2.08. The molecule has 8 heteroatoms. The molecule has 2 rings (SSSR count). The van der Waals surface area contributed by atoms with Gasteiger partial charge < -0.3 is 24.8 Å². The average Bonchev–Trinajstić information content (AvgIpc) is 2.55. The van der Waals surface area contributed by atoms with Crippen molar-refractivity contribution in [3.63, 3.8) is 0 Å². The van der Waals surface area contributed by atoms with E-state index in [2.05, 4.69) is 25.8 Å². The standard InChI is InChI=1S/C14H19N5O3/c1-20-7-6-15-14-18-13(9-16-19-14)17-10-4-5-11(21-2)12(8-10)22-3/h4-5,8-9H,6-7H2,1-3H3,(H2,15,17,18,19). The van der Waals surface area contributed by atoms with Crippen LogP contribution in [0.5, 0.6) is 11.5 Å². The molecular weight excluding hydrogens is 286 g/mol. The van der Waals surface area contributed by atoms with E-state index < -0.39 is 0 Å². The van der Waals surface area contributed by atoms with Gasteiger partial charge in [-0.15, -0.1) is 5.10 Å². The van der Waals surface area contributed by atoms with E-state index >= 15 is 0 Å². The van der Waals surface area contributed by atoms with E-state index in [9.17, 15) is 0 Å². The van der Waals surface area contributed by atoms with Crippen molar-refractivity contribution < 1.29 is 14.2 Å². The first-order chi connectivity index (χ1) is 10.8. The quantitative estimate of drug-likeness (QED) is 0.712. The lowest BCUT2D eigenvalue weighted by atomic mass is 10.2. The van der Waals surface area contributed by atoms with Crippen LogP contribution in [0.4, 0.5) is 17.5 Å². The molecule has 0 amide bonds. The van der Waals surface area contributed by atoms with Crippen LogP contribution >= 0.6 is 0 Å². The fraction of sp³-hybridized carbons (Fsp3) is 0.357. The SMILES string of the molecule is COCCNc1nncc(Nc2ccc(OC)c(OC)c2)n1. The summed E-state index contributed by atoms with van der Waals surface area (Å²) in [6.07, 6.45) is 1.54. The summed E-state index contributed by atoms with van der Waals surface area (Å²) in [6, 6.07) is 5.49. The topological polar surface area (TPSA) is 90.4 Å². The van der Waals surface area contributed by atoms with Gasteiger partial charge in [-0.3, -0.25) is 0 Å². The highest BCUT2D eigenvalue weighted by atomic mass is 16.5. The van der Waals surface area contributed by atoms with Crippen molar-refractivity contribution in [2.24, 2.45) is 0 Å². The van der Waals surface area contributed by atoms with Crippen LogP contribution in [0.2, 0.25) is 0 Å². The predicted molar refractivity (Wildman–Crippen MR) is 83.0 cm³/mol. The molecule has 8 nitrogen and oxygen atoms in total. The minimum absolute atomic E-state index is 0.433. The lowest BCUT2D eigenvalue weighted by Crippen LogP contribution is -2.11. The van der Waals surface area contributed by atoms with Crippen LogP contribution in [0.3, 0.4) is 0 Å². The Bertz CT molecular complexity index is 609. The van der Waals surface area contributed by atoms with Gasteiger partial charge in [0.25, 0.3) is 0 Å². The molecule has 1 aromatic heterocycles. The molecule has 2 N–H and O–H groups in total. The van der Waals surface area contributed by atoms with Crippen LogP contribution in [-0.2, 0) is 4.74 Å². The van der Waals surface area contributed by atoms with E-state index in [0.29, 0.717) is 36.4 Å². The summed E-state index contributed by atoms with van der Waals surface area (Å²) in [6.45, 7) is 1.18. The van der Waals surface area contributed by atoms with E-state index in [0.717, 1.165) is 5.69 Å². The van der Waals surface area contributed by atoms with E-state index in [4.69, 9.17) is 14.2 Å². The van der Waals surface area contributed by atoms with E-state index in [-0.39, 0.29) is 0 Å². The molecule has 0 unspecified atom stereocenters. The summed E-state index contributed by atoms with van der Waals surface area (Å²) in [4.78, 5) is 4.31. The van der Waals surface area contributed by atoms with E-state index in [1.165, 1.54) is 6.20 Å². The first-order valence-electron chi connectivity index (χ1n) is 6.68. The molecule has 2 aromatic rings. The van der Waals surface area contributed by atoms with Gasteiger partial charge >= 0.3 is 0 Å². The van der Waals surface area contributed by atoms with Gasteiger partial charge in [0.1, 0.15) is 0 Å². The number of ether oxygens (including phenoxy) is 3. The minimum Gasteiger partial charge on any atom is -0.493 e. The van der Waals surface area contributed by atoms with E-state index in [1.54, 1.807) is 21.3 Å². The monoisotopic (exact) mass is 305 g/mol. The number of hydrogen-bond acceptors (Lipinski definition) is 8. The smallest absolute Gasteiger partial charge is 0.244 e. The van der Waals surface area contributed by atoms with Gasteiger partial charge in [-0.1, -0.05) is 0 Å². The number of hydrogen-bond donors (Lipinski definition) is 2. The van der Waals surface area contributed by atoms with E-state index in [1.807, 2.05) is 18.2 Å². The Morgan fingerprint density at radius 1 is 1.09 bits per heavy atom. The van der Waals surface area contributed by atoms with Gasteiger partial charge in [-0.05, 0) is 12.1 Å². The molecule has 0 saturated carbocycles. The summed E-state index contributed by atoms with van der Waals surface area (Å²) in [7, 11) is 4.82. The molecule has 0 saturated heterocycles. The minimum atomic E-state index is 0.433. The Hall–Kier alpha value is -2.61. The molecule has 0 aliphatic heterocycles. The lowest BCUT2D eigenvalue weighted by molar-refractivity contribution is 0.210. The first kappa shape index (κ1) is 15.8. The fourth-order valence-electron chi connectivity index (χ4n) is 1.77. The van der Waals surface area contributed by atoms with Crippen LogP contribution in [0.25, 0.3) is 0 Å². The van der Waals surface area contributed by atoms with Crippen molar-refractivity contribution in [3.05, 3.63) is 24.4 Å². The second-order valence-electron chi connectivity index (χ2n) is 4.28. The summed E-state index contributed by atoms with van der Waals surface area (Å²) >= 11 is 0. The van der Waals surface area contributed by atoms with Gasteiger partial charge in [0.2, 0.25) is 5.95 Å². The van der Waals surface area contributed by atoms with Crippen LogP contribution in [-0.4, -0.2) is 49.7 Å². The molecule has 1 heterocycles. The van der Waals surface area contributed by atoms with Crippen LogP contribution in [0, 0.1) is 0 Å². The van der Waals surface area contributed by atoms with Crippen molar-refractivity contribution in [1.82, 2.24) is 15.2 Å². The predicted octanol–water partition coefficient (Wildman–Crippen LogP) is 1.69. The fourth-order valence-corrected chi connectivity index (χ4v) is 1.77. The van der Waals surface area contributed by atoms with Crippen molar-refractivity contribution >= 4 is 17.5 Å². The number of methoxy groups -OCH3 is 3. The summed E-state index contributed by atoms with van der Waals surface area (Å²) < 4.78 is 15.4. The zero-order chi connectivity index (χ0) is 15.8. The normalized spacial score (nSPS) is 10.1. The summed E-state index contributed by atoms with van der Waals surface area (Å²) in [5, 5.41) is 14.0. The molecule has 1 aromatic carbocycles. The van der Waals surface area contributed by atoms with Gasteiger partial charge in [0.15, 0.2) is 17.3 Å². The maximum atomic E-state index is 5.26. The number of nitrogens with zero attached hydrogens (tertiary/aromatic N) is 3. The van der Waals surface area contributed by atoms with Gasteiger partial charge in [-0.2, -0.15) is 10.1 Å². The van der Waals surface area contributed by atoms with Crippen molar-refractivity contribution in [2.45, 2.75) is 0 Å². The number of rotatable bonds is 8. The molecule has 0 bridgehead atoms. The van der Waals surface area contributed by atoms with Gasteiger partial charge in [0, 0.05) is 25.4 Å². The number of aromatic nitrogens is 3. The summed E-state index contributed by atoms with van der Waals surface area (Å²) in [5.74, 6) is 2.30. The largest absolute Gasteiger partial charge is 0.493 e. The number of anilines is 3. The van der Waals surface area contributed by atoms with Crippen molar-refractivity contribution in [1.29, 1.82) is 0 Å². The van der Waals surface area contributed by atoms with Crippen molar-refractivity contribution in [2.75, 3.05) is 45.1 Å². The number of benzene rings is 1. The van der Waals surface area contributed by atoms with Crippen LogP contribution in [0.1, 0.15) is 0 Å². The van der Waals surface area contributed by atoms with Crippen LogP contribution in [0.15, 0.2) is 24.4 Å². The maximum Gasteiger partial charge on any atom is 0.244 e. The highest BCUT2D eigenvalue weighted by Crippen LogP contribution is 2.30. The first-order valence-corrected chi connectivity index (χ1v) is 6.68. The Morgan fingerprint density at radius 2 is 1.91 bits per heavy atom. The molecule has 0 fully saturated rings. The third-order valence-corrected chi connectivity index (χ3v) is 2.80. The van der Waals surface area contributed by atoms with Crippen molar-refractivity contribution in [3.8, 4) is 11.5 Å². The third kappa shape index (κ3) is 4.19. The van der Waals surface area contributed by atoms with Gasteiger partial charge in [-0.25, -0.2) is 0 Å². The average molecular weight is 305 g/mol. The molecule has 0 aliphatic carbocycles. The molecule has 0 radical (unpaired) electrons. The highest BCUT2D eigenvalue weighted by molar-refractivity contribution is 5.61. The van der Waals surface area contributed by atoms with Crippen LogP contribution < -0.4 is 20.1 Å².